The fraction of sp³-hybridized carbons (Fsp3) is 0.571. The zero-order valence-electron chi connectivity index (χ0n) is 12.0. The van der Waals surface area contributed by atoms with Gasteiger partial charge in [0.2, 0.25) is 11.8 Å². The third-order valence-electron chi connectivity index (χ3n) is 3.15. The Morgan fingerprint density at radius 1 is 1.55 bits per heavy atom. The molecule has 1 saturated carbocycles. The lowest BCUT2D eigenvalue weighted by Gasteiger charge is -2.15. The average Bonchev–Trinajstić information content (AvgIpc) is 3.23. The number of pyridine rings is 1. The molecule has 0 bridgehead atoms. The lowest BCUT2D eigenvalue weighted by atomic mass is 10.3. The van der Waals surface area contributed by atoms with Gasteiger partial charge in [-0.3, -0.25) is 4.79 Å². The van der Waals surface area contributed by atoms with Gasteiger partial charge in [-0.25, -0.2) is 0 Å². The van der Waals surface area contributed by atoms with Crippen LogP contribution in [0.5, 0.6) is 5.88 Å². The minimum Gasteiger partial charge on any atom is -0.476 e. The van der Waals surface area contributed by atoms with Crippen LogP contribution in [0.25, 0.3) is 0 Å². The van der Waals surface area contributed by atoms with E-state index in [1.54, 1.807) is 19.1 Å². The van der Waals surface area contributed by atoms with E-state index in [0.717, 1.165) is 0 Å². The number of nitrogens with zero attached hydrogens (tertiary/aromatic N) is 1. The van der Waals surface area contributed by atoms with Crippen LogP contribution < -0.4 is 21.1 Å². The van der Waals surface area contributed by atoms with Crippen molar-refractivity contribution in [1.82, 2.24) is 10.3 Å². The summed E-state index contributed by atoms with van der Waals surface area (Å²) in [5.74, 6) is 1.60. The van der Waals surface area contributed by atoms with Gasteiger partial charge in [-0.05, 0) is 44.7 Å². The van der Waals surface area contributed by atoms with Crippen molar-refractivity contribution in [3.63, 3.8) is 0 Å². The maximum Gasteiger partial charge on any atom is 0.242 e. The number of likely N-dealkylation sites (N-methyl/N-ethyl adjacent to an activating group) is 1. The van der Waals surface area contributed by atoms with Crippen molar-refractivity contribution in [2.45, 2.75) is 32.7 Å². The van der Waals surface area contributed by atoms with Gasteiger partial charge >= 0.3 is 0 Å². The van der Waals surface area contributed by atoms with E-state index in [0.29, 0.717) is 36.5 Å². The molecule has 1 unspecified atom stereocenters. The molecule has 110 valence electrons. The molecule has 0 spiro atoms. The molecule has 20 heavy (non-hydrogen) atoms. The number of anilines is 2. The summed E-state index contributed by atoms with van der Waals surface area (Å²) in [6, 6.07) is 3.12. The largest absolute Gasteiger partial charge is 0.476 e. The Bertz CT molecular complexity index is 474. The summed E-state index contributed by atoms with van der Waals surface area (Å²) in [6.45, 7) is 4.94. The number of rotatable bonds is 7. The van der Waals surface area contributed by atoms with Crippen molar-refractivity contribution in [3.8, 4) is 5.88 Å². The van der Waals surface area contributed by atoms with E-state index in [2.05, 4.69) is 15.6 Å². The number of nitrogens with two attached hydrogens (primary N) is 1. The molecule has 1 aromatic rings. The number of nitrogen functional groups attached to an aromatic ring is 1. The molecule has 1 fully saturated rings. The third kappa shape index (κ3) is 4.01. The van der Waals surface area contributed by atoms with Crippen LogP contribution in [0, 0.1) is 5.92 Å². The van der Waals surface area contributed by atoms with E-state index in [9.17, 15) is 4.79 Å². The quantitative estimate of drug-likeness (QED) is 0.701. The highest BCUT2D eigenvalue weighted by Crippen LogP contribution is 2.30. The van der Waals surface area contributed by atoms with Crippen molar-refractivity contribution in [1.29, 1.82) is 0 Å². The smallest absolute Gasteiger partial charge is 0.242 e. The second-order valence-corrected chi connectivity index (χ2v) is 5.11. The number of hydrogen-bond acceptors (Lipinski definition) is 5. The summed E-state index contributed by atoms with van der Waals surface area (Å²) in [4.78, 5) is 16.0. The Morgan fingerprint density at radius 2 is 2.30 bits per heavy atom. The van der Waals surface area contributed by atoms with Crippen LogP contribution in [-0.4, -0.2) is 30.1 Å². The van der Waals surface area contributed by atoms with Gasteiger partial charge in [0.25, 0.3) is 0 Å². The Balaban J connectivity index is 1.96. The van der Waals surface area contributed by atoms with Gasteiger partial charge in [-0.15, -0.1) is 0 Å². The van der Waals surface area contributed by atoms with Crippen molar-refractivity contribution in [3.05, 3.63) is 12.1 Å². The van der Waals surface area contributed by atoms with Crippen molar-refractivity contribution in [2.75, 3.05) is 24.2 Å². The molecular weight excluding hydrogens is 256 g/mol. The molecule has 4 N–H and O–H groups in total. The van der Waals surface area contributed by atoms with Gasteiger partial charge in [0.15, 0.2) is 0 Å². The minimum absolute atomic E-state index is 0.0634. The summed E-state index contributed by atoms with van der Waals surface area (Å²) >= 11 is 0. The fourth-order valence-electron chi connectivity index (χ4n) is 1.74. The van der Waals surface area contributed by atoms with Gasteiger partial charge in [0.1, 0.15) is 11.9 Å². The lowest BCUT2D eigenvalue weighted by molar-refractivity contribution is -0.121. The first-order valence-electron chi connectivity index (χ1n) is 7.03. The van der Waals surface area contributed by atoms with Crippen LogP contribution in [0.15, 0.2) is 12.1 Å². The Labute approximate surface area is 119 Å². The number of ether oxygens (including phenoxy) is 1. The second-order valence-electron chi connectivity index (χ2n) is 5.11. The molecule has 1 aliphatic carbocycles. The van der Waals surface area contributed by atoms with E-state index < -0.39 is 0 Å². The highest BCUT2D eigenvalue weighted by molar-refractivity contribution is 5.83. The average molecular weight is 278 g/mol. The lowest BCUT2D eigenvalue weighted by Crippen LogP contribution is -2.37. The normalized spacial score (nSPS) is 15.5. The van der Waals surface area contributed by atoms with E-state index in [1.165, 1.54) is 12.8 Å². The van der Waals surface area contributed by atoms with Gasteiger partial charge in [-0.2, -0.15) is 4.98 Å². The Morgan fingerprint density at radius 3 is 2.95 bits per heavy atom. The molecule has 6 nitrogen and oxygen atoms in total. The predicted octanol–water partition coefficient (Wildman–Crippen LogP) is 1.39. The number of nitrogens with one attached hydrogen (secondary N) is 2. The molecule has 0 radical (unpaired) electrons. The summed E-state index contributed by atoms with van der Waals surface area (Å²) in [7, 11) is 0. The number of carbonyl (C=O) groups is 1. The van der Waals surface area contributed by atoms with Crippen LogP contribution >= 0.6 is 0 Å². The SMILES string of the molecule is CCNC(=O)C(C)Nc1ccc(N)c(OCC2CC2)n1. The minimum atomic E-state index is -0.359. The molecule has 0 saturated heterocycles. The molecule has 1 aliphatic rings. The van der Waals surface area contributed by atoms with Crippen LogP contribution in [0.1, 0.15) is 26.7 Å². The zero-order valence-corrected chi connectivity index (χ0v) is 12.0. The molecule has 0 aromatic carbocycles. The topological polar surface area (TPSA) is 89.3 Å². The van der Waals surface area contributed by atoms with Crippen molar-refractivity contribution >= 4 is 17.4 Å². The standard InChI is InChI=1S/C14H22N4O2/c1-3-16-13(19)9(2)17-12-7-6-11(15)14(18-12)20-8-10-4-5-10/h6-7,9-10H,3-5,8,15H2,1-2H3,(H,16,19)(H,17,18). The number of carbonyl (C=O) groups excluding carboxylic acids is 1. The molecule has 1 aromatic heterocycles. The van der Waals surface area contributed by atoms with E-state index in [1.807, 2.05) is 6.92 Å². The van der Waals surface area contributed by atoms with Crippen LogP contribution in [0.2, 0.25) is 0 Å². The summed E-state index contributed by atoms with van der Waals surface area (Å²) in [5, 5.41) is 5.79. The van der Waals surface area contributed by atoms with E-state index in [4.69, 9.17) is 10.5 Å². The van der Waals surface area contributed by atoms with Gasteiger partial charge in [0, 0.05) is 6.54 Å². The zero-order chi connectivity index (χ0) is 14.5. The fourth-order valence-corrected chi connectivity index (χ4v) is 1.74. The molecule has 1 atom stereocenters. The van der Waals surface area contributed by atoms with Gasteiger partial charge < -0.3 is 21.1 Å². The van der Waals surface area contributed by atoms with Crippen molar-refractivity contribution < 1.29 is 9.53 Å². The maximum absolute atomic E-state index is 11.7. The molecule has 0 aliphatic heterocycles. The first-order valence-corrected chi connectivity index (χ1v) is 7.03. The highest BCUT2D eigenvalue weighted by atomic mass is 16.5. The third-order valence-corrected chi connectivity index (χ3v) is 3.15. The van der Waals surface area contributed by atoms with Crippen LogP contribution in [0.4, 0.5) is 11.5 Å². The molecule has 2 rings (SSSR count). The van der Waals surface area contributed by atoms with Crippen LogP contribution in [-0.2, 0) is 4.79 Å². The first kappa shape index (κ1) is 14.4. The predicted molar refractivity (Wildman–Crippen MR) is 78.6 cm³/mol. The number of amides is 1. The van der Waals surface area contributed by atoms with E-state index in [-0.39, 0.29) is 11.9 Å². The first-order chi connectivity index (χ1) is 9.60. The monoisotopic (exact) mass is 278 g/mol. The number of hydrogen-bond donors (Lipinski definition) is 3. The van der Waals surface area contributed by atoms with Gasteiger partial charge in [0.05, 0.1) is 12.3 Å². The number of aromatic nitrogens is 1. The molecule has 1 heterocycles. The maximum atomic E-state index is 11.7. The molecule has 1 amide bonds. The summed E-state index contributed by atoms with van der Waals surface area (Å²) in [6.07, 6.45) is 2.43. The van der Waals surface area contributed by atoms with Crippen LogP contribution in [0.3, 0.4) is 0 Å². The molecular formula is C14H22N4O2. The van der Waals surface area contributed by atoms with Gasteiger partial charge in [-0.1, -0.05) is 0 Å². The highest BCUT2D eigenvalue weighted by Gasteiger charge is 2.22. The Kier molecular flexibility index (Phi) is 4.65. The van der Waals surface area contributed by atoms with Crippen molar-refractivity contribution in [2.24, 2.45) is 5.92 Å². The second kappa shape index (κ2) is 6.45. The summed E-state index contributed by atoms with van der Waals surface area (Å²) < 4.78 is 5.61. The van der Waals surface area contributed by atoms with E-state index >= 15 is 0 Å². The molecule has 6 heteroatoms. The summed E-state index contributed by atoms with van der Waals surface area (Å²) in [5.41, 5.74) is 6.36. The Hall–Kier alpha value is -1.98.